The molecular formula is C9H11O4P. The van der Waals surface area contributed by atoms with Crippen LogP contribution in [0.3, 0.4) is 0 Å². The maximum atomic E-state index is 10.5. The first-order valence-corrected chi connectivity index (χ1v) is 5.28. The summed E-state index contributed by atoms with van der Waals surface area (Å²) < 4.78 is 15.2. The van der Waals surface area contributed by atoms with Crippen LogP contribution in [0.25, 0.3) is 0 Å². The van der Waals surface area contributed by atoms with Gasteiger partial charge in [-0.3, -0.25) is 0 Å². The smallest absolute Gasteiger partial charge is 0.365 e. The molecule has 0 radical (unpaired) electrons. The molecule has 14 heavy (non-hydrogen) atoms. The second kappa shape index (κ2) is 5.47. The maximum Gasteiger partial charge on any atom is 0.365 e. The molecule has 0 aliphatic heterocycles. The van der Waals surface area contributed by atoms with Gasteiger partial charge in [0.15, 0.2) is 0 Å². The lowest BCUT2D eigenvalue weighted by Crippen LogP contribution is -1.88. The maximum absolute atomic E-state index is 10.5. The summed E-state index contributed by atoms with van der Waals surface area (Å²) in [5.41, 5.74) is 0.755. The molecule has 1 atom stereocenters. The lowest BCUT2D eigenvalue weighted by molar-refractivity contribution is 0.409. The molecule has 0 fully saturated rings. The molecule has 0 aliphatic rings. The van der Waals surface area contributed by atoms with Crippen LogP contribution in [-0.4, -0.2) is 10.00 Å². The predicted octanol–water partition coefficient (Wildman–Crippen LogP) is 2.06. The van der Waals surface area contributed by atoms with Crippen LogP contribution in [-0.2, 0) is 11.0 Å². The van der Waals surface area contributed by atoms with Crippen molar-refractivity contribution >= 4 is 8.25 Å². The first kappa shape index (κ1) is 10.8. The summed E-state index contributed by atoms with van der Waals surface area (Å²) in [6.07, 6.45) is 2.91. The SMILES string of the molecule is O=[PH](O)Oc1ccccc1CC=CO. The van der Waals surface area contributed by atoms with E-state index in [-0.39, 0.29) is 0 Å². The first-order chi connectivity index (χ1) is 6.74. The van der Waals surface area contributed by atoms with Crippen LogP contribution in [0, 0.1) is 0 Å². The van der Waals surface area contributed by atoms with Gasteiger partial charge in [0, 0.05) is 0 Å². The minimum Gasteiger partial charge on any atom is -0.516 e. The number of aliphatic hydroxyl groups is 1. The first-order valence-electron chi connectivity index (χ1n) is 4.02. The zero-order chi connectivity index (χ0) is 10.4. The topological polar surface area (TPSA) is 66.8 Å². The highest BCUT2D eigenvalue weighted by molar-refractivity contribution is 7.32. The number of hydrogen-bond donors (Lipinski definition) is 2. The van der Waals surface area contributed by atoms with E-state index in [0.29, 0.717) is 12.2 Å². The van der Waals surface area contributed by atoms with Crippen molar-refractivity contribution in [2.45, 2.75) is 6.42 Å². The minimum absolute atomic E-state index is 0.372. The predicted molar refractivity (Wildman–Crippen MR) is 53.8 cm³/mol. The highest BCUT2D eigenvalue weighted by atomic mass is 31.1. The zero-order valence-electron chi connectivity index (χ0n) is 7.38. The van der Waals surface area contributed by atoms with E-state index in [4.69, 9.17) is 14.5 Å². The Morgan fingerprint density at radius 3 is 2.79 bits per heavy atom. The largest absolute Gasteiger partial charge is 0.516 e. The highest BCUT2D eigenvalue weighted by Gasteiger charge is 2.02. The highest BCUT2D eigenvalue weighted by Crippen LogP contribution is 2.26. The number of rotatable bonds is 4. The van der Waals surface area contributed by atoms with Crippen LogP contribution < -0.4 is 4.52 Å². The van der Waals surface area contributed by atoms with Gasteiger partial charge in [-0.2, -0.15) is 0 Å². The molecular weight excluding hydrogens is 203 g/mol. The van der Waals surface area contributed by atoms with Crippen LogP contribution in [0.5, 0.6) is 5.75 Å². The monoisotopic (exact) mass is 214 g/mol. The van der Waals surface area contributed by atoms with Crippen LogP contribution in [0.2, 0.25) is 0 Å². The third kappa shape index (κ3) is 3.24. The molecule has 0 saturated heterocycles. The third-order valence-electron chi connectivity index (χ3n) is 1.61. The van der Waals surface area contributed by atoms with Crippen LogP contribution >= 0.6 is 8.25 Å². The number of benzene rings is 1. The van der Waals surface area contributed by atoms with Crippen molar-refractivity contribution in [1.82, 2.24) is 0 Å². The lowest BCUT2D eigenvalue weighted by Gasteiger charge is -2.06. The summed E-state index contributed by atoms with van der Waals surface area (Å²) in [7, 11) is -2.97. The molecule has 76 valence electrons. The van der Waals surface area contributed by atoms with Crippen molar-refractivity contribution in [2.75, 3.05) is 0 Å². The minimum atomic E-state index is -2.97. The molecule has 0 amide bonds. The Hall–Kier alpha value is -1.25. The molecule has 0 aromatic heterocycles. The van der Waals surface area contributed by atoms with E-state index in [1.54, 1.807) is 24.3 Å². The van der Waals surface area contributed by atoms with Gasteiger partial charge in [-0.15, -0.1) is 0 Å². The molecule has 1 unspecified atom stereocenters. The molecule has 0 spiro atoms. The molecule has 0 saturated carbocycles. The van der Waals surface area contributed by atoms with Gasteiger partial charge >= 0.3 is 8.25 Å². The normalized spacial score (nSPS) is 12.9. The summed E-state index contributed by atoms with van der Waals surface area (Å²) >= 11 is 0. The van der Waals surface area contributed by atoms with Gasteiger partial charge in [-0.1, -0.05) is 18.2 Å². The molecule has 0 bridgehead atoms. The Balaban J connectivity index is 2.85. The van der Waals surface area contributed by atoms with E-state index in [0.717, 1.165) is 11.8 Å². The molecule has 1 aromatic carbocycles. The standard InChI is InChI=1S/C9H11O4P/c10-7-3-5-8-4-1-2-6-9(8)13-14(11)12/h1-4,6-7,10,14H,5H2,(H,11,12). The Bertz CT molecular complexity index is 348. The van der Waals surface area contributed by atoms with Crippen LogP contribution in [0.1, 0.15) is 5.56 Å². The van der Waals surface area contributed by atoms with Crippen molar-refractivity contribution in [3.63, 3.8) is 0 Å². The molecule has 1 aromatic rings. The summed E-state index contributed by atoms with van der Waals surface area (Å²) in [6.45, 7) is 0. The number of hydrogen-bond acceptors (Lipinski definition) is 3. The summed E-state index contributed by atoms with van der Waals surface area (Å²) in [4.78, 5) is 8.61. The van der Waals surface area contributed by atoms with Crippen LogP contribution in [0.15, 0.2) is 36.6 Å². The molecule has 5 heteroatoms. The fourth-order valence-corrected chi connectivity index (χ4v) is 1.43. The van der Waals surface area contributed by atoms with E-state index in [1.807, 2.05) is 0 Å². The van der Waals surface area contributed by atoms with Crippen molar-refractivity contribution in [2.24, 2.45) is 0 Å². The van der Waals surface area contributed by atoms with Gasteiger partial charge in [0.1, 0.15) is 5.75 Å². The Kier molecular flexibility index (Phi) is 4.23. The average molecular weight is 214 g/mol. The van der Waals surface area contributed by atoms with E-state index in [2.05, 4.69) is 0 Å². The lowest BCUT2D eigenvalue weighted by atomic mass is 10.1. The Labute approximate surface area is 82.4 Å². The van der Waals surface area contributed by atoms with Crippen LogP contribution in [0.4, 0.5) is 0 Å². The van der Waals surface area contributed by atoms with Gasteiger partial charge in [-0.25, -0.2) is 4.57 Å². The summed E-state index contributed by atoms with van der Waals surface area (Å²) in [6, 6.07) is 6.88. The van der Waals surface area contributed by atoms with E-state index < -0.39 is 8.25 Å². The van der Waals surface area contributed by atoms with Gasteiger partial charge in [0.2, 0.25) is 0 Å². The molecule has 0 aliphatic carbocycles. The van der Waals surface area contributed by atoms with E-state index >= 15 is 0 Å². The quantitative estimate of drug-likeness (QED) is 0.594. The number of allylic oxidation sites excluding steroid dienone is 1. The van der Waals surface area contributed by atoms with Crippen molar-refractivity contribution in [3.05, 3.63) is 42.2 Å². The van der Waals surface area contributed by atoms with E-state index in [9.17, 15) is 4.57 Å². The summed E-state index contributed by atoms with van der Waals surface area (Å²) in [5, 5.41) is 8.47. The second-order valence-electron chi connectivity index (χ2n) is 2.56. The van der Waals surface area contributed by atoms with Gasteiger partial charge in [-0.05, 0) is 24.1 Å². The second-order valence-corrected chi connectivity index (χ2v) is 3.30. The molecule has 2 N–H and O–H groups in total. The molecule has 1 rings (SSSR count). The number of aliphatic hydroxyl groups excluding tert-OH is 1. The third-order valence-corrected chi connectivity index (χ3v) is 2.01. The average Bonchev–Trinajstić information content (AvgIpc) is 2.16. The number of para-hydroxylation sites is 1. The summed E-state index contributed by atoms with van der Waals surface area (Å²) in [5.74, 6) is 0.372. The van der Waals surface area contributed by atoms with Crippen molar-refractivity contribution in [3.8, 4) is 5.75 Å². The van der Waals surface area contributed by atoms with Gasteiger partial charge in [0.05, 0.1) is 6.26 Å². The fourth-order valence-electron chi connectivity index (χ4n) is 1.05. The Morgan fingerprint density at radius 2 is 2.14 bits per heavy atom. The van der Waals surface area contributed by atoms with Gasteiger partial charge in [0.25, 0.3) is 0 Å². The zero-order valence-corrected chi connectivity index (χ0v) is 8.38. The van der Waals surface area contributed by atoms with Crippen molar-refractivity contribution < 1.29 is 19.1 Å². The molecule has 0 heterocycles. The van der Waals surface area contributed by atoms with Gasteiger partial charge < -0.3 is 14.5 Å². The Morgan fingerprint density at radius 1 is 1.43 bits per heavy atom. The van der Waals surface area contributed by atoms with Crippen molar-refractivity contribution in [1.29, 1.82) is 0 Å². The van der Waals surface area contributed by atoms with E-state index in [1.165, 1.54) is 6.08 Å². The molecule has 4 nitrogen and oxygen atoms in total. The fraction of sp³-hybridized carbons (Fsp3) is 0.111.